The van der Waals surface area contributed by atoms with Gasteiger partial charge in [-0.2, -0.15) is 21.6 Å². The van der Waals surface area contributed by atoms with Crippen LogP contribution >= 0.6 is 0 Å². The number of amidine groups is 1. The molecule has 2 heterocycles. The zero-order valence-corrected chi connectivity index (χ0v) is 15.8. The molecule has 0 saturated carbocycles. The number of benzene rings is 2. The standard InChI is InChI=1S/C18H16F3N3O4S/c19-18(20,21)29(25,26)28-12-5-6-15-13(11-12)17(24-9-7-22-8-10-24)23-14-3-1-2-4-16(14)27-15/h1-6,11,22H,7-10H2. The molecular weight excluding hydrogens is 411 g/mol. The molecule has 1 saturated heterocycles. The lowest BCUT2D eigenvalue weighted by atomic mass is 10.1. The van der Waals surface area contributed by atoms with Crippen LogP contribution in [-0.4, -0.2) is 50.8 Å². The fourth-order valence-electron chi connectivity index (χ4n) is 3.04. The van der Waals surface area contributed by atoms with Crippen LogP contribution < -0.4 is 14.2 Å². The molecule has 0 spiro atoms. The summed E-state index contributed by atoms with van der Waals surface area (Å²) in [6.45, 7) is 2.64. The van der Waals surface area contributed by atoms with Crippen molar-refractivity contribution in [3.63, 3.8) is 0 Å². The van der Waals surface area contributed by atoms with Crippen LogP contribution in [0.25, 0.3) is 0 Å². The van der Waals surface area contributed by atoms with Crippen LogP contribution in [0.4, 0.5) is 18.9 Å². The first-order chi connectivity index (χ1) is 13.7. The average Bonchev–Trinajstić information content (AvgIpc) is 2.84. The highest BCUT2D eigenvalue weighted by molar-refractivity contribution is 7.88. The molecule has 0 unspecified atom stereocenters. The van der Waals surface area contributed by atoms with Gasteiger partial charge in [-0.05, 0) is 30.3 Å². The Kier molecular flexibility index (Phi) is 4.87. The van der Waals surface area contributed by atoms with Crippen molar-refractivity contribution < 1.29 is 30.5 Å². The van der Waals surface area contributed by atoms with Gasteiger partial charge >= 0.3 is 15.6 Å². The average molecular weight is 427 g/mol. The van der Waals surface area contributed by atoms with E-state index < -0.39 is 21.4 Å². The molecule has 2 aliphatic rings. The van der Waals surface area contributed by atoms with Crippen molar-refractivity contribution in [3.05, 3.63) is 48.0 Å². The lowest BCUT2D eigenvalue weighted by Crippen LogP contribution is -2.46. The van der Waals surface area contributed by atoms with Crippen LogP contribution in [0.1, 0.15) is 5.56 Å². The first-order valence-electron chi connectivity index (χ1n) is 8.71. The second kappa shape index (κ2) is 7.23. The Hall–Kier alpha value is -2.79. The van der Waals surface area contributed by atoms with Crippen molar-refractivity contribution in [2.75, 3.05) is 26.2 Å². The molecule has 7 nitrogen and oxygen atoms in total. The fourth-order valence-corrected chi connectivity index (χ4v) is 3.50. The van der Waals surface area contributed by atoms with Gasteiger partial charge in [-0.1, -0.05) is 12.1 Å². The predicted molar refractivity (Wildman–Crippen MR) is 99.2 cm³/mol. The second-order valence-electron chi connectivity index (χ2n) is 6.38. The van der Waals surface area contributed by atoms with Gasteiger partial charge in [0.1, 0.15) is 23.0 Å². The van der Waals surface area contributed by atoms with Crippen LogP contribution in [0.3, 0.4) is 0 Å². The summed E-state index contributed by atoms with van der Waals surface area (Å²) in [5, 5.41) is 3.21. The van der Waals surface area contributed by atoms with E-state index in [9.17, 15) is 21.6 Å². The maximum atomic E-state index is 12.7. The maximum absolute atomic E-state index is 12.7. The number of hydrogen-bond donors (Lipinski definition) is 1. The lowest BCUT2D eigenvalue weighted by molar-refractivity contribution is -0.0500. The maximum Gasteiger partial charge on any atom is 0.534 e. The van der Waals surface area contributed by atoms with Gasteiger partial charge in [-0.25, -0.2) is 4.99 Å². The van der Waals surface area contributed by atoms with Gasteiger partial charge in [0.2, 0.25) is 0 Å². The van der Waals surface area contributed by atoms with Crippen molar-refractivity contribution in [1.82, 2.24) is 10.2 Å². The van der Waals surface area contributed by atoms with Crippen LogP contribution in [-0.2, 0) is 10.1 Å². The fraction of sp³-hybridized carbons (Fsp3) is 0.278. The number of piperazine rings is 1. The summed E-state index contributed by atoms with van der Waals surface area (Å²) in [5.74, 6) is 0.819. The van der Waals surface area contributed by atoms with Crippen LogP contribution in [0.2, 0.25) is 0 Å². The third-order valence-electron chi connectivity index (χ3n) is 4.41. The highest BCUT2D eigenvalue weighted by Gasteiger charge is 2.48. The summed E-state index contributed by atoms with van der Waals surface area (Å²) in [6.07, 6.45) is 0. The van der Waals surface area contributed by atoms with Gasteiger partial charge in [0.05, 0.1) is 5.56 Å². The van der Waals surface area contributed by atoms with Gasteiger partial charge in [-0.15, -0.1) is 0 Å². The van der Waals surface area contributed by atoms with E-state index in [4.69, 9.17) is 4.74 Å². The molecule has 0 atom stereocenters. The Morgan fingerprint density at radius 1 is 1.07 bits per heavy atom. The highest BCUT2D eigenvalue weighted by Crippen LogP contribution is 2.39. The minimum Gasteiger partial charge on any atom is -0.454 e. The van der Waals surface area contributed by atoms with Crippen LogP contribution in [0.15, 0.2) is 47.5 Å². The summed E-state index contributed by atoms with van der Waals surface area (Å²) >= 11 is 0. The van der Waals surface area contributed by atoms with E-state index in [0.29, 0.717) is 54.8 Å². The van der Waals surface area contributed by atoms with E-state index in [1.807, 2.05) is 4.90 Å². The SMILES string of the molecule is O=S(=O)(Oc1ccc2c(c1)C(N1CCNCC1)=Nc1ccccc1O2)C(F)(F)F. The minimum atomic E-state index is -5.79. The molecule has 1 N–H and O–H groups in total. The topological polar surface area (TPSA) is 80.2 Å². The van der Waals surface area contributed by atoms with E-state index in [1.54, 1.807) is 24.3 Å². The van der Waals surface area contributed by atoms with Gasteiger partial charge in [-0.3, -0.25) is 0 Å². The summed E-state index contributed by atoms with van der Waals surface area (Å²) in [6, 6.07) is 10.7. The first-order valence-corrected chi connectivity index (χ1v) is 10.1. The number of aliphatic imine (C=N–C) groups is 1. The Morgan fingerprint density at radius 2 is 1.79 bits per heavy atom. The van der Waals surface area contributed by atoms with Gasteiger partial charge in [0, 0.05) is 26.2 Å². The number of ether oxygens (including phenoxy) is 1. The Balaban J connectivity index is 1.80. The number of hydrogen-bond acceptors (Lipinski definition) is 7. The number of nitrogens with zero attached hydrogens (tertiary/aromatic N) is 2. The number of nitrogens with one attached hydrogen (secondary N) is 1. The summed E-state index contributed by atoms with van der Waals surface area (Å²) in [5.41, 5.74) is -4.62. The van der Waals surface area contributed by atoms with Crippen LogP contribution in [0.5, 0.6) is 17.2 Å². The number of rotatable bonds is 2. The number of halogens is 3. The Labute approximate surface area is 164 Å². The molecule has 0 aliphatic carbocycles. The molecule has 2 aromatic rings. The molecule has 29 heavy (non-hydrogen) atoms. The molecule has 1 fully saturated rings. The molecule has 0 radical (unpaired) electrons. The van der Waals surface area contributed by atoms with Crippen molar-refractivity contribution in [2.24, 2.45) is 4.99 Å². The molecule has 2 aromatic carbocycles. The first kappa shape index (κ1) is 19.5. The molecule has 11 heteroatoms. The Bertz CT molecular complexity index is 1060. The summed E-state index contributed by atoms with van der Waals surface area (Å²) in [4.78, 5) is 6.61. The molecule has 2 aliphatic heterocycles. The van der Waals surface area contributed by atoms with E-state index in [1.165, 1.54) is 12.1 Å². The second-order valence-corrected chi connectivity index (χ2v) is 7.92. The number of alkyl halides is 3. The minimum absolute atomic E-state index is 0.337. The van der Waals surface area contributed by atoms with Crippen LogP contribution in [0, 0.1) is 0 Å². The number of fused-ring (bicyclic) bond motifs is 2. The smallest absolute Gasteiger partial charge is 0.454 e. The molecule has 154 valence electrons. The zero-order valence-electron chi connectivity index (χ0n) is 14.9. The number of para-hydroxylation sites is 2. The van der Waals surface area contributed by atoms with Crippen molar-refractivity contribution in [2.45, 2.75) is 5.51 Å². The third-order valence-corrected chi connectivity index (χ3v) is 5.39. The van der Waals surface area contributed by atoms with E-state index in [-0.39, 0.29) is 0 Å². The van der Waals surface area contributed by atoms with E-state index in [0.717, 1.165) is 6.07 Å². The molecule has 4 rings (SSSR count). The van der Waals surface area contributed by atoms with E-state index >= 15 is 0 Å². The third kappa shape index (κ3) is 3.87. The normalized spacial score (nSPS) is 16.8. The largest absolute Gasteiger partial charge is 0.534 e. The Morgan fingerprint density at radius 3 is 2.52 bits per heavy atom. The van der Waals surface area contributed by atoms with Crippen molar-refractivity contribution in [1.29, 1.82) is 0 Å². The molecular formula is C18H16F3N3O4S. The quantitative estimate of drug-likeness (QED) is 0.586. The lowest BCUT2D eigenvalue weighted by Gasteiger charge is -2.30. The van der Waals surface area contributed by atoms with Crippen molar-refractivity contribution >= 4 is 21.6 Å². The van der Waals surface area contributed by atoms with Crippen molar-refractivity contribution in [3.8, 4) is 17.2 Å². The summed E-state index contributed by atoms with van der Waals surface area (Å²) < 4.78 is 71.0. The highest BCUT2D eigenvalue weighted by atomic mass is 32.2. The van der Waals surface area contributed by atoms with Gasteiger partial charge < -0.3 is 19.1 Å². The summed E-state index contributed by atoms with van der Waals surface area (Å²) in [7, 11) is -5.79. The van der Waals surface area contributed by atoms with Gasteiger partial charge in [0.25, 0.3) is 0 Å². The predicted octanol–water partition coefficient (Wildman–Crippen LogP) is 3.00. The molecule has 0 amide bonds. The van der Waals surface area contributed by atoms with Gasteiger partial charge in [0.15, 0.2) is 5.75 Å². The molecule has 0 bridgehead atoms. The molecule has 0 aromatic heterocycles. The zero-order chi connectivity index (χ0) is 20.6. The van der Waals surface area contributed by atoms with E-state index in [2.05, 4.69) is 14.5 Å². The monoisotopic (exact) mass is 427 g/mol.